The van der Waals surface area contributed by atoms with Crippen LogP contribution in [0.3, 0.4) is 0 Å². The standard InChI is InChI=1S/C14H16Cl2O2/c15-12-3-1-8(5-13(12)16)10-6-9-2-4-14(18-9)11(10)7-17/h1,3,5,9-11,14,17H,2,4,6-7H2/t9?,10-,11-,14?/m0/s1. The summed E-state index contributed by atoms with van der Waals surface area (Å²) in [4.78, 5) is 0. The van der Waals surface area contributed by atoms with E-state index in [-0.39, 0.29) is 18.6 Å². The molecule has 0 aromatic heterocycles. The third kappa shape index (κ3) is 2.16. The lowest BCUT2D eigenvalue weighted by atomic mass is 9.79. The summed E-state index contributed by atoms with van der Waals surface area (Å²) in [6.07, 6.45) is 3.69. The molecule has 18 heavy (non-hydrogen) atoms. The molecule has 0 saturated carbocycles. The molecule has 1 aromatic carbocycles. The summed E-state index contributed by atoms with van der Waals surface area (Å²) in [6.45, 7) is 0.169. The van der Waals surface area contributed by atoms with Gasteiger partial charge >= 0.3 is 0 Å². The van der Waals surface area contributed by atoms with Crippen molar-refractivity contribution >= 4 is 23.2 Å². The van der Waals surface area contributed by atoms with Crippen molar-refractivity contribution in [2.45, 2.75) is 37.4 Å². The molecule has 0 amide bonds. The van der Waals surface area contributed by atoms with E-state index in [4.69, 9.17) is 27.9 Å². The summed E-state index contributed by atoms with van der Waals surface area (Å²) in [5.41, 5.74) is 1.17. The van der Waals surface area contributed by atoms with Crippen molar-refractivity contribution in [3.63, 3.8) is 0 Å². The molecule has 4 heteroatoms. The Hall–Kier alpha value is -0.280. The van der Waals surface area contributed by atoms with Gasteiger partial charge in [0.1, 0.15) is 0 Å². The second-order valence-corrected chi connectivity index (χ2v) is 6.05. The summed E-state index contributed by atoms with van der Waals surface area (Å²) >= 11 is 12.0. The maximum absolute atomic E-state index is 9.63. The SMILES string of the molecule is OC[C@@H]1C2CCC(C[C@H]1c1ccc(Cl)c(Cl)c1)O2. The Balaban J connectivity index is 1.91. The van der Waals surface area contributed by atoms with Gasteiger partial charge in [-0.15, -0.1) is 0 Å². The van der Waals surface area contributed by atoms with Crippen molar-refractivity contribution in [3.8, 4) is 0 Å². The van der Waals surface area contributed by atoms with Gasteiger partial charge < -0.3 is 9.84 Å². The fourth-order valence-corrected chi connectivity index (χ4v) is 3.62. The van der Waals surface area contributed by atoms with Crippen LogP contribution >= 0.6 is 23.2 Å². The Bertz CT molecular complexity index is 449. The van der Waals surface area contributed by atoms with Crippen LogP contribution in [0.5, 0.6) is 0 Å². The van der Waals surface area contributed by atoms with Gasteiger partial charge in [-0.25, -0.2) is 0 Å². The van der Waals surface area contributed by atoms with Crippen molar-refractivity contribution in [2.75, 3.05) is 6.61 Å². The minimum absolute atomic E-state index is 0.169. The smallest absolute Gasteiger partial charge is 0.0635 e. The fourth-order valence-electron chi connectivity index (χ4n) is 3.31. The minimum Gasteiger partial charge on any atom is -0.396 e. The van der Waals surface area contributed by atoms with E-state index in [9.17, 15) is 5.11 Å². The molecule has 4 atom stereocenters. The highest BCUT2D eigenvalue weighted by atomic mass is 35.5. The van der Waals surface area contributed by atoms with E-state index in [1.165, 1.54) is 5.56 Å². The molecule has 2 bridgehead atoms. The highest BCUT2D eigenvalue weighted by molar-refractivity contribution is 6.42. The topological polar surface area (TPSA) is 29.5 Å². The maximum atomic E-state index is 9.63. The lowest BCUT2D eigenvalue weighted by Gasteiger charge is -2.36. The number of benzene rings is 1. The van der Waals surface area contributed by atoms with Gasteiger partial charge in [-0.3, -0.25) is 0 Å². The largest absolute Gasteiger partial charge is 0.396 e. The Kier molecular flexibility index (Phi) is 3.55. The summed E-state index contributed by atoms with van der Waals surface area (Å²) < 4.78 is 5.89. The molecule has 2 aliphatic heterocycles. The van der Waals surface area contributed by atoms with E-state index < -0.39 is 0 Å². The lowest BCUT2D eigenvalue weighted by Crippen LogP contribution is -2.36. The Morgan fingerprint density at radius 2 is 2.06 bits per heavy atom. The summed E-state index contributed by atoms with van der Waals surface area (Å²) in [7, 11) is 0. The molecule has 1 aromatic rings. The van der Waals surface area contributed by atoms with Crippen LogP contribution in [0, 0.1) is 5.92 Å². The maximum Gasteiger partial charge on any atom is 0.0635 e. The van der Waals surface area contributed by atoms with E-state index in [1.807, 2.05) is 18.2 Å². The zero-order chi connectivity index (χ0) is 12.7. The van der Waals surface area contributed by atoms with Crippen LogP contribution in [0.15, 0.2) is 18.2 Å². The fraction of sp³-hybridized carbons (Fsp3) is 0.571. The van der Waals surface area contributed by atoms with E-state index in [0.717, 1.165) is 19.3 Å². The summed E-state index contributed by atoms with van der Waals surface area (Å²) in [5, 5.41) is 10.8. The van der Waals surface area contributed by atoms with E-state index >= 15 is 0 Å². The first-order chi connectivity index (χ1) is 8.69. The Morgan fingerprint density at radius 3 is 2.78 bits per heavy atom. The van der Waals surface area contributed by atoms with Gasteiger partial charge in [0.25, 0.3) is 0 Å². The van der Waals surface area contributed by atoms with Crippen LogP contribution in [0.1, 0.15) is 30.7 Å². The van der Waals surface area contributed by atoms with Gasteiger partial charge in [0.15, 0.2) is 0 Å². The lowest BCUT2D eigenvalue weighted by molar-refractivity contribution is -0.0590. The van der Waals surface area contributed by atoms with Crippen LogP contribution in [0.4, 0.5) is 0 Å². The Morgan fingerprint density at radius 1 is 1.22 bits per heavy atom. The highest BCUT2D eigenvalue weighted by Crippen LogP contribution is 2.45. The third-order valence-electron chi connectivity index (χ3n) is 4.23. The highest BCUT2D eigenvalue weighted by Gasteiger charge is 2.43. The second-order valence-electron chi connectivity index (χ2n) is 5.24. The predicted octanol–water partition coefficient (Wildman–Crippen LogP) is 3.64. The first kappa shape index (κ1) is 12.7. The molecule has 0 spiro atoms. The molecule has 1 N–H and O–H groups in total. The normalized spacial score (nSPS) is 34.8. The van der Waals surface area contributed by atoms with Crippen molar-refractivity contribution in [1.82, 2.24) is 0 Å². The van der Waals surface area contributed by atoms with Crippen molar-refractivity contribution in [1.29, 1.82) is 0 Å². The molecule has 2 nitrogen and oxygen atoms in total. The van der Waals surface area contributed by atoms with Gasteiger partial charge in [-0.1, -0.05) is 29.3 Å². The first-order valence-corrected chi connectivity index (χ1v) is 7.16. The predicted molar refractivity (Wildman–Crippen MR) is 72.3 cm³/mol. The number of hydrogen-bond acceptors (Lipinski definition) is 2. The number of aliphatic hydroxyl groups excluding tert-OH is 1. The molecular weight excluding hydrogens is 271 g/mol. The zero-order valence-electron chi connectivity index (χ0n) is 9.98. The van der Waals surface area contributed by atoms with E-state index in [1.54, 1.807) is 0 Å². The monoisotopic (exact) mass is 286 g/mol. The molecule has 2 saturated heterocycles. The van der Waals surface area contributed by atoms with Crippen molar-refractivity contribution < 1.29 is 9.84 Å². The van der Waals surface area contributed by atoms with Crippen molar-refractivity contribution in [3.05, 3.63) is 33.8 Å². The van der Waals surface area contributed by atoms with E-state index in [0.29, 0.717) is 22.1 Å². The molecule has 3 rings (SSSR count). The molecule has 2 aliphatic rings. The van der Waals surface area contributed by atoms with Gasteiger partial charge in [0.2, 0.25) is 0 Å². The van der Waals surface area contributed by atoms with Gasteiger partial charge in [0, 0.05) is 12.5 Å². The van der Waals surface area contributed by atoms with Crippen molar-refractivity contribution in [2.24, 2.45) is 5.92 Å². The molecule has 0 aliphatic carbocycles. The number of ether oxygens (including phenoxy) is 1. The first-order valence-electron chi connectivity index (χ1n) is 6.40. The number of halogens is 2. The Labute approximate surface area is 117 Å². The number of fused-ring (bicyclic) bond motifs is 2. The van der Waals surface area contributed by atoms with Gasteiger partial charge in [-0.2, -0.15) is 0 Å². The molecule has 2 fully saturated rings. The number of hydrogen-bond donors (Lipinski definition) is 1. The average Bonchev–Trinajstić information content (AvgIpc) is 2.75. The molecule has 98 valence electrons. The van der Waals surface area contributed by atoms with Crippen LogP contribution in [-0.2, 0) is 4.74 Å². The van der Waals surface area contributed by atoms with Gasteiger partial charge in [0.05, 0.1) is 22.3 Å². The molecule has 0 radical (unpaired) electrons. The number of aliphatic hydroxyl groups is 1. The zero-order valence-corrected chi connectivity index (χ0v) is 11.5. The quantitative estimate of drug-likeness (QED) is 0.900. The van der Waals surface area contributed by atoms with Gasteiger partial charge in [-0.05, 0) is 42.9 Å². The third-order valence-corrected chi connectivity index (χ3v) is 4.97. The van der Waals surface area contributed by atoms with Crippen LogP contribution in [-0.4, -0.2) is 23.9 Å². The second kappa shape index (κ2) is 5.01. The summed E-state index contributed by atoms with van der Waals surface area (Å²) in [5.74, 6) is 0.511. The molecule has 2 unspecified atom stereocenters. The molecule has 2 heterocycles. The van der Waals surface area contributed by atoms with Crippen LogP contribution in [0.2, 0.25) is 10.0 Å². The minimum atomic E-state index is 0.169. The van der Waals surface area contributed by atoms with Crippen LogP contribution < -0.4 is 0 Å². The summed E-state index contributed by atoms with van der Waals surface area (Å²) in [6, 6.07) is 5.79. The number of rotatable bonds is 2. The average molecular weight is 287 g/mol. The van der Waals surface area contributed by atoms with E-state index in [2.05, 4.69) is 0 Å². The van der Waals surface area contributed by atoms with Crippen LogP contribution in [0.25, 0.3) is 0 Å². The molecular formula is C14H16Cl2O2.